The van der Waals surface area contributed by atoms with Crippen molar-refractivity contribution < 1.29 is 28.6 Å². The van der Waals surface area contributed by atoms with Gasteiger partial charge < -0.3 is 19.5 Å². The van der Waals surface area contributed by atoms with Crippen molar-refractivity contribution in [2.75, 3.05) is 19.7 Å². The van der Waals surface area contributed by atoms with Crippen molar-refractivity contribution >= 4 is 17.8 Å². The van der Waals surface area contributed by atoms with Gasteiger partial charge in [0.05, 0.1) is 18.6 Å². The molecule has 1 aromatic carbocycles. The maximum atomic E-state index is 13.2. The monoisotopic (exact) mass is 391 g/mol. The molecule has 1 atom stereocenters. The van der Waals surface area contributed by atoms with E-state index in [9.17, 15) is 23.9 Å². The van der Waals surface area contributed by atoms with Gasteiger partial charge >= 0.3 is 0 Å². The van der Waals surface area contributed by atoms with Crippen LogP contribution in [-0.4, -0.2) is 59.0 Å². The Balaban J connectivity index is 1.81. The molecule has 2 amide bonds. The maximum Gasteiger partial charge on any atom is 0.256 e. The fraction of sp³-hybridized carbons (Fsp3) is 0.550. The Morgan fingerprint density at radius 1 is 1.21 bits per heavy atom. The second-order valence-corrected chi connectivity index (χ2v) is 7.75. The smallest absolute Gasteiger partial charge is 0.256 e. The minimum absolute atomic E-state index is 0.0377. The molecule has 2 saturated heterocycles. The van der Waals surface area contributed by atoms with Crippen LogP contribution in [0, 0.1) is 11.7 Å². The largest absolute Gasteiger partial charge is 0.548 e. The summed E-state index contributed by atoms with van der Waals surface area (Å²) in [7, 11) is 0. The molecule has 28 heavy (non-hydrogen) atoms. The number of ether oxygens (including phenoxy) is 1. The van der Waals surface area contributed by atoms with E-state index in [1.165, 1.54) is 17.0 Å². The van der Waals surface area contributed by atoms with E-state index in [1.54, 1.807) is 4.90 Å². The molecule has 8 heteroatoms. The van der Waals surface area contributed by atoms with Gasteiger partial charge in [0.25, 0.3) is 5.91 Å². The summed E-state index contributed by atoms with van der Waals surface area (Å²) < 4.78 is 19.0. The van der Waals surface area contributed by atoms with Gasteiger partial charge in [0, 0.05) is 37.9 Å². The lowest BCUT2D eigenvalue weighted by molar-refractivity contribution is -0.310. The first kappa shape index (κ1) is 20.3. The number of hydrogen-bond acceptors (Lipinski definition) is 5. The second-order valence-electron chi connectivity index (χ2n) is 7.75. The van der Waals surface area contributed by atoms with Crippen molar-refractivity contribution in [1.82, 2.24) is 9.80 Å². The molecule has 0 radical (unpaired) electrons. The van der Waals surface area contributed by atoms with Crippen LogP contribution < -0.4 is 5.11 Å². The summed E-state index contributed by atoms with van der Waals surface area (Å²) in [5.41, 5.74) is -0.930. The van der Waals surface area contributed by atoms with Gasteiger partial charge in [-0.25, -0.2) is 4.39 Å². The van der Waals surface area contributed by atoms with Gasteiger partial charge in [-0.15, -0.1) is 0 Å². The van der Waals surface area contributed by atoms with Crippen molar-refractivity contribution in [3.63, 3.8) is 0 Å². The van der Waals surface area contributed by atoms with Crippen LogP contribution in [0.25, 0.3) is 0 Å². The van der Waals surface area contributed by atoms with Crippen LogP contribution >= 0.6 is 0 Å². The van der Waals surface area contributed by atoms with Crippen LogP contribution in [0.4, 0.5) is 4.39 Å². The Hall–Kier alpha value is -2.48. The van der Waals surface area contributed by atoms with Gasteiger partial charge in [-0.3, -0.25) is 14.5 Å². The fourth-order valence-electron chi connectivity index (χ4n) is 3.86. The van der Waals surface area contributed by atoms with Crippen molar-refractivity contribution in [3.8, 4) is 0 Å². The van der Waals surface area contributed by atoms with Crippen molar-refractivity contribution in [1.29, 1.82) is 0 Å². The van der Waals surface area contributed by atoms with Gasteiger partial charge in [-0.05, 0) is 30.2 Å². The molecule has 2 heterocycles. The molecular weight excluding hydrogens is 367 g/mol. The predicted octanol–water partition coefficient (Wildman–Crippen LogP) is 0.781. The van der Waals surface area contributed by atoms with E-state index in [0.717, 1.165) is 12.1 Å². The number of carbonyl (C=O) groups excluding carboxylic acids is 3. The van der Waals surface area contributed by atoms with Crippen LogP contribution in [0.1, 0.15) is 43.5 Å². The first-order valence-electron chi connectivity index (χ1n) is 9.45. The topological polar surface area (TPSA) is 90.0 Å². The van der Waals surface area contributed by atoms with E-state index < -0.39 is 29.5 Å². The maximum absolute atomic E-state index is 13.2. The lowest BCUT2D eigenvalue weighted by Gasteiger charge is -2.45. The molecule has 0 unspecified atom stereocenters. The highest BCUT2D eigenvalue weighted by atomic mass is 19.1. The summed E-state index contributed by atoms with van der Waals surface area (Å²) >= 11 is 0. The Kier molecular flexibility index (Phi) is 5.69. The van der Waals surface area contributed by atoms with E-state index in [1.807, 2.05) is 13.8 Å². The Labute approximate surface area is 163 Å². The van der Waals surface area contributed by atoms with E-state index in [0.29, 0.717) is 32.4 Å². The molecule has 0 aromatic heterocycles. The Bertz CT molecular complexity index is 756. The summed E-state index contributed by atoms with van der Waals surface area (Å²) in [5, 5.41) is 11.6. The molecule has 2 aliphatic rings. The number of rotatable bonds is 4. The first-order chi connectivity index (χ1) is 13.2. The van der Waals surface area contributed by atoms with Gasteiger partial charge in [-0.2, -0.15) is 0 Å². The van der Waals surface area contributed by atoms with E-state index in [2.05, 4.69) is 0 Å². The predicted molar refractivity (Wildman–Crippen MR) is 95.3 cm³/mol. The van der Waals surface area contributed by atoms with E-state index >= 15 is 0 Å². The number of amides is 2. The van der Waals surface area contributed by atoms with Gasteiger partial charge in [0.15, 0.2) is 0 Å². The number of hydrogen-bond donors (Lipinski definition) is 0. The molecule has 3 rings (SSSR count). The number of aliphatic carboxylic acids is 1. The fourth-order valence-corrected chi connectivity index (χ4v) is 3.86. The van der Waals surface area contributed by atoms with Crippen LogP contribution in [0.3, 0.4) is 0 Å². The summed E-state index contributed by atoms with van der Waals surface area (Å²) in [6.45, 7) is 4.51. The molecule has 0 bridgehead atoms. The number of benzene rings is 1. The van der Waals surface area contributed by atoms with Crippen molar-refractivity contribution in [2.24, 2.45) is 5.92 Å². The number of halogens is 1. The average Bonchev–Trinajstić information content (AvgIpc) is 3.00. The zero-order chi connectivity index (χ0) is 20.5. The number of nitrogens with zero attached hydrogens (tertiary/aromatic N) is 2. The molecule has 1 spiro atoms. The quantitative estimate of drug-likeness (QED) is 0.757. The van der Waals surface area contributed by atoms with Gasteiger partial charge in [0.2, 0.25) is 5.91 Å². The molecular formula is C20H24FN2O5-. The summed E-state index contributed by atoms with van der Waals surface area (Å²) in [6.07, 6.45) is 1.06. The molecule has 0 aliphatic carbocycles. The van der Waals surface area contributed by atoms with Crippen molar-refractivity contribution in [2.45, 2.75) is 44.9 Å². The molecule has 0 saturated carbocycles. The highest BCUT2D eigenvalue weighted by Gasteiger charge is 2.52. The highest BCUT2D eigenvalue weighted by molar-refractivity contribution is 5.97. The zero-order valence-electron chi connectivity index (χ0n) is 16.0. The number of carboxylic acids is 1. The van der Waals surface area contributed by atoms with Crippen molar-refractivity contribution in [3.05, 3.63) is 35.6 Å². The number of likely N-dealkylation sites (tertiary alicyclic amines) is 1. The molecule has 2 aliphatic heterocycles. The molecule has 1 aromatic rings. The molecule has 0 N–H and O–H groups in total. The normalized spacial score (nSPS) is 21.4. The average molecular weight is 391 g/mol. The summed E-state index contributed by atoms with van der Waals surface area (Å²) in [5.74, 6) is -2.16. The molecule has 2 fully saturated rings. The van der Waals surface area contributed by atoms with Gasteiger partial charge in [-0.1, -0.05) is 13.8 Å². The third-order valence-electron chi connectivity index (χ3n) is 5.32. The van der Waals surface area contributed by atoms with E-state index in [4.69, 9.17) is 4.74 Å². The number of piperidine rings is 1. The van der Waals surface area contributed by atoms with Gasteiger partial charge in [0.1, 0.15) is 11.5 Å². The molecule has 7 nitrogen and oxygen atoms in total. The zero-order valence-corrected chi connectivity index (χ0v) is 16.0. The lowest BCUT2D eigenvalue weighted by Crippen LogP contribution is -2.60. The minimum atomic E-state index is -1.40. The van der Waals surface area contributed by atoms with Crippen LogP contribution in [0.2, 0.25) is 0 Å². The number of carbonyl (C=O) groups is 3. The Morgan fingerprint density at radius 3 is 2.36 bits per heavy atom. The van der Waals surface area contributed by atoms with Crippen LogP contribution in [-0.2, 0) is 14.3 Å². The third-order valence-corrected chi connectivity index (χ3v) is 5.32. The minimum Gasteiger partial charge on any atom is -0.548 e. The van der Waals surface area contributed by atoms with E-state index in [-0.39, 0.29) is 24.0 Å². The SMILES string of the molecule is CC(C)CC(=O)N1CCC2(CC1)OC[C@@H](C(=O)[O-])N2C(=O)c1ccc(F)cc1. The first-order valence-corrected chi connectivity index (χ1v) is 9.45. The summed E-state index contributed by atoms with van der Waals surface area (Å²) in [4.78, 5) is 39.9. The van der Waals surface area contributed by atoms with Crippen LogP contribution in [0.15, 0.2) is 24.3 Å². The standard InChI is InChI=1S/C20H25FN2O5/c1-13(2)11-17(24)22-9-7-20(8-10-22)23(16(12-28-20)19(26)27)18(25)14-3-5-15(21)6-4-14/h3-6,13,16H,7-12H2,1-2H3,(H,26,27)/p-1/t16-/m0/s1. The lowest BCUT2D eigenvalue weighted by atomic mass is 9.96. The van der Waals surface area contributed by atoms with Crippen LogP contribution in [0.5, 0.6) is 0 Å². The third kappa shape index (κ3) is 3.87. The highest BCUT2D eigenvalue weighted by Crippen LogP contribution is 2.38. The Morgan fingerprint density at radius 2 is 1.82 bits per heavy atom. The second kappa shape index (κ2) is 7.87. The number of carboxylic acid groups (broad SMARTS) is 1. The summed E-state index contributed by atoms with van der Waals surface area (Å²) in [6, 6.07) is 3.71. The molecule has 152 valence electrons.